The molecule has 0 bridgehead atoms. The van der Waals surface area contributed by atoms with Gasteiger partial charge in [-0.2, -0.15) is 13.2 Å². The third-order valence-corrected chi connectivity index (χ3v) is 1.10. The molecule has 0 unspecified atom stereocenters. The Morgan fingerprint density at radius 3 is 2.46 bits per heavy atom. The minimum Gasteiger partial charge on any atom is -0.372 e. The fourth-order valence-corrected chi connectivity index (χ4v) is 0.554. The van der Waals surface area contributed by atoms with Crippen LogP contribution in [0.25, 0.3) is 0 Å². The topological polar surface area (TPSA) is 55.6 Å². The van der Waals surface area contributed by atoms with Gasteiger partial charge in [-0.1, -0.05) is 0 Å². The number of nitrogens with zero attached hydrogens (tertiary/aromatic N) is 1. The van der Waals surface area contributed by atoms with Gasteiger partial charge in [-0.05, 0) is 6.92 Å². The number of hydrogen-bond acceptors (Lipinski definition) is 3. The van der Waals surface area contributed by atoms with Gasteiger partial charge in [-0.25, -0.2) is 5.84 Å². The predicted molar refractivity (Wildman–Crippen MR) is 38.4 cm³/mol. The summed E-state index contributed by atoms with van der Waals surface area (Å²) < 4.78 is 39.6. The Morgan fingerprint density at radius 1 is 1.54 bits per heavy atom. The molecule has 13 heavy (non-hydrogen) atoms. The van der Waals surface area contributed by atoms with Crippen molar-refractivity contribution in [3.05, 3.63) is 0 Å². The first-order valence-electron chi connectivity index (χ1n) is 3.56. The van der Waals surface area contributed by atoms with Crippen LogP contribution in [0.1, 0.15) is 6.92 Å². The van der Waals surface area contributed by atoms with Crippen LogP contribution in [0, 0.1) is 0 Å². The van der Waals surface area contributed by atoms with Crippen molar-refractivity contribution >= 4 is 5.91 Å². The van der Waals surface area contributed by atoms with Gasteiger partial charge in [0.2, 0.25) is 0 Å². The molecule has 2 N–H and O–H groups in total. The molecule has 0 aliphatic heterocycles. The normalized spacial score (nSPS) is 11.5. The molecule has 0 atom stereocenters. The fraction of sp³-hybridized carbons (Fsp3) is 0.833. The standard InChI is InChI=1S/C6H11F3N2O2/c1-2-13-3-5(12)11(10)4-6(7,8)9/h2-4,10H2,1H3. The lowest BCUT2D eigenvalue weighted by molar-refractivity contribution is -0.164. The molecule has 0 aromatic rings. The highest BCUT2D eigenvalue weighted by atomic mass is 19.4. The Kier molecular flexibility index (Phi) is 4.71. The van der Waals surface area contributed by atoms with Crippen LogP contribution in [0.4, 0.5) is 13.2 Å². The van der Waals surface area contributed by atoms with Gasteiger partial charge in [-0.15, -0.1) is 0 Å². The van der Waals surface area contributed by atoms with Crippen molar-refractivity contribution in [2.45, 2.75) is 13.1 Å². The van der Waals surface area contributed by atoms with E-state index in [0.29, 0.717) is 0 Å². The zero-order valence-electron chi connectivity index (χ0n) is 7.10. The molecule has 1 amide bonds. The van der Waals surface area contributed by atoms with E-state index in [0.717, 1.165) is 0 Å². The van der Waals surface area contributed by atoms with Crippen LogP contribution in [0.5, 0.6) is 0 Å². The summed E-state index contributed by atoms with van der Waals surface area (Å²) in [7, 11) is 0. The maximum Gasteiger partial charge on any atom is 0.407 e. The van der Waals surface area contributed by atoms with Gasteiger partial charge in [0.25, 0.3) is 5.91 Å². The van der Waals surface area contributed by atoms with Crippen LogP contribution < -0.4 is 5.84 Å². The molecule has 7 heteroatoms. The number of hydrogen-bond donors (Lipinski definition) is 1. The summed E-state index contributed by atoms with van der Waals surface area (Å²) in [6, 6.07) is 0. The van der Waals surface area contributed by atoms with Gasteiger partial charge < -0.3 is 4.74 Å². The van der Waals surface area contributed by atoms with Crippen molar-refractivity contribution in [1.82, 2.24) is 5.01 Å². The van der Waals surface area contributed by atoms with E-state index in [4.69, 9.17) is 5.84 Å². The average Bonchev–Trinajstić information content (AvgIpc) is 1.96. The number of ether oxygens (including phenoxy) is 1. The summed E-state index contributed by atoms with van der Waals surface area (Å²) in [5, 5.41) is 0.0929. The van der Waals surface area contributed by atoms with Crippen molar-refractivity contribution in [3.63, 3.8) is 0 Å². The number of carbonyl (C=O) groups is 1. The van der Waals surface area contributed by atoms with Crippen LogP contribution in [0.15, 0.2) is 0 Å². The number of halogens is 3. The van der Waals surface area contributed by atoms with E-state index in [9.17, 15) is 18.0 Å². The molecule has 0 radical (unpaired) electrons. The maximum atomic E-state index is 11.7. The molecule has 0 aromatic carbocycles. The first kappa shape index (κ1) is 12.2. The van der Waals surface area contributed by atoms with Crippen LogP contribution in [-0.4, -0.2) is 36.9 Å². The third kappa shape index (κ3) is 6.35. The summed E-state index contributed by atoms with van der Waals surface area (Å²) in [5.74, 6) is 3.94. The molecule has 0 fully saturated rings. The number of rotatable bonds is 4. The summed E-state index contributed by atoms with van der Waals surface area (Å²) in [4.78, 5) is 10.8. The zero-order chi connectivity index (χ0) is 10.5. The molecule has 0 aliphatic rings. The van der Waals surface area contributed by atoms with Crippen molar-refractivity contribution in [1.29, 1.82) is 0 Å². The third-order valence-electron chi connectivity index (χ3n) is 1.10. The first-order valence-corrected chi connectivity index (χ1v) is 3.56. The number of hydrazine groups is 1. The quantitative estimate of drug-likeness (QED) is 0.403. The van der Waals surface area contributed by atoms with Crippen molar-refractivity contribution in [2.75, 3.05) is 19.8 Å². The molecule has 4 nitrogen and oxygen atoms in total. The Labute approximate surface area is 73.4 Å². The van der Waals surface area contributed by atoms with Gasteiger partial charge in [0.1, 0.15) is 13.2 Å². The highest BCUT2D eigenvalue weighted by Crippen LogP contribution is 2.14. The second-order valence-electron chi connectivity index (χ2n) is 2.27. The molecule has 0 heterocycles. The van der Waals surface area contributed by atoms with Gasteiger partial charge >= 0.3 is 6.18 Å². The molecule has 0 aliphatic carbocycles. The largest absolute Gasteiger partial charge is 0.407 e. The van der Waals surface area contributed by atoms with Crippen LogP contribution in [0.2, 0.25) is 0 Å². The van der Waals surface area contributed by atoms with E-state index in [1.165, 1.54) is 0 Å². The van der Waals surface area contributed by atoms with E-state index in [1.807, 2.05) is 0 Å². The minimum absolute atomic E-state index is 0.0929. The Hall–Kier alpha value is -0.820. The molecule has 0 saturated carbocycles. The second-order valence-corrected chi connectivity index (χ2v) is 2.27. The highest BCUT2D eigenvalue weighted by molar-refractivity contribution is 5.76. The Bertz CT molecular complexity index is 172. The number of amides is 1. The summed E-state index contributed by atoms with van der Waals surface area (Å²) >= 11 is 0. The monoisotopic (exact) mass is 200 g/mol. The molecule has 0 aromatic heterocycles. The van der Waals surface area contributed by atoms with Gasteiger partial charge in [0, 0.05) is 6.61 Å². The van der Waals surface area contributed by atoms with Crippen LogP contribution in [-0.2, 0) is 9.53 Å². The average molecular weight is 200 g/mol. The van der Waals surface area contributed by atoms with E-state index < -0.39 is 25.2 Å². The summed E-state index contributed by atoms with van der Waals surface area (Å²) in [5.41, 5.74) is 0. The van der Waals surface area contributed by atoms with Gasteiger partial charge in [0.15, 0.2) is 0 Å². The van der Waals surface area contributed by atoms with E-state index in [1.54, 1.807) is 6.92 Å². The number of carbonyl (C=O) groups excluding carboxylic acids is 1. The lowest BCUT2D eigenvalue weighted by atomic mass is 10.5. The van der Waals surface area contributed by atoms with E-state index >= 15 is 0 Å². The van der Waals surface area contributed by atoms with Crippen LogP contribution in [0.3, 0.4) is 0 Å². The Balaban J connectivity index is 3.83. The molecular weight excluding hydrogens is 189 g/mol. The van der Waals surface area contributed by atoms with Crippen molar-refractivity contribution < 1.29 is 22.7 Å². The van der Waals surface area contributed by atoms with Gasteiger partial charge in [0.05, 0.1) is 0 Å². The summed E-state index contributed by atoms with van der Waals surface area (Å²) in [6.45, 7) is -0.00845. The Morgan fingerprint density at radius 2 is 2.08 bits per heavy atom. The van der Waals surface area contributed by atoms with Crippen molar-refractivity contribution in [3.8, 4) is 0 Å². The predicted octanol–water partition coefficient (Wildman–Crippen LogP) is 0.287. The minimum atomic E-state index is -4.48. The van der Waals surface area contributed by atoms with Gasteiger partial charge in [-0.3, -0.25) is 9.80 Å². The highest BCUT2D eigenvalue weighted by Gasteiger charge is 2.31. The van der Waals surface area contributed by atoms with Crippen molar-refractivity contribution in [2.24, 2.45) is 5.84 Å². The lowest BCUT2D eigenvalue weighted by Crippen LogP contribution is -2.45. The van der Waals surface area contributed by atoms with E-state index in [-0.39, 0.29) is 11.6 Å². The number of alkyl halides is 3. The van der Waals surface area contributed by atoms with E-state index in [2.05, 4.69) is 4.74 Å². The molecule has 0 spiro atoms. The van der Waals surface area contributed by atoms with Crippen LogP contribution >= 0.6 is 0 Å². The number of nitrogens with two attached hydrogens (primary N) is 1. The smallest absolute Gasteiger partial charge is 0.372 e. The second kappa shape index (κ2) is 5.03. The molecule has 0 saturated heterocycles. The molecular formula is C6H11F3N2O2. The zero-order valence-corrected chi connectivity index (χ0v) is 7.10. The summed E-state index contributed by atoms with van der Waals surface area (Å²) in [6.07, 6.45) is -4.48. The molecule has 78 valence electrons. The molecule has 0 rings (SSSR count). The fourth-order valence-electron chi connectivity index (χ4n) is 0.554. The lowest BCUT2D eigenvalue weighted by Gasteiger charge is -2.17. The first-order chi connectivity index (χ1) is 5.87. The maximum absolute atomic E-state index is 11.7. The SMILES string of the molecule is CCOCC(=O)N(N)CC(F)(F)F.